The highest BCUT2D eigenvalue weighted by atomic mass is 19.1. The van der Waals surface area contributed by atoms with Gasteiger partial charge in [-0.1, -0.05) is 12.6 Å². The molecular weight excluding hydrogens is 533 g/mol. The van der Waals surface area contributed by atoms with Crippen LogP contribution in [0.5, 0.6) is 0 Å². The first-order valence-electron chi connectivity index (χ1n) is 14.8. The molecule has 0 atom stereocenters. The Balaban J connectivity index is 1.26. The average Bonchev–Trinajstić information content (AvgIpc) is 3.45. The van der Waals surface area contributed by atoms with Crippen LogP contribution in [0.2, 0.25) is 0 Å². The third-order valence-corrected chi connectivity index (χ3v) is 9.86. The van der Waals surface area contributed by atoms with Crippen LogP contribution >= 0.6 is 0 Å². The lowest BCUT2D eigenvalue weighted by Gasteiger charge is -2.54. The molecule has 2 aromatic carbocycles. The van der Waals surface area contributed by atoms with Gasteiger partial charge in [0.05, 0.1) is 37.2 Å². The molecule has 3 aromatic rings. The zero-order chi connectivity index (χ0) is 29.0. The smallest absolute Gasteiger partial charge is 0.245 e. The van der Waals surface area contributed by atoms with Crippen molar-refractivity contribution in [1.29, 1.82) is 0 Å². The Morgan fingerprint density at radius 2 is 1.88 bits per heavy atom. The van der Waals surface area contributed by atoms with Crippen molar-refractivity contribution >= 4 is 33.9 Å². The van der Waals surface area contributed by atoms with Crippen molar-refractivity contribution in [2.45, 2.75) is 25.8 Å². The van der Waals surface area contributed by atoms with Gasteiger partial charge in [-0.15, -0.1) is 0 Å². The predicted molar refractivity (Wildman–Crippen MR) is 162 cm³/mol. The number of nitrogens with one attached hydrogen (secondary N) is 1. The standard InChI is InChI=1S/C32H36FN7O2/c1-4-27(41)40-19-32(20-40)7-9-38(10-8-32)26-15-25(39-17-22(18-39)37-11-13-42-14-12-37)30(33)29(31(26)34-3)28-21(2)5-6-24-23(28)16-35-36-24/h4-6,15-16,22H,1,7-14,17-20H2,2H3,(H,35,36). The van der Waals surface area contributed by atoms with Gasteiger partial charge in [0.2, 0.25) is 11.6 Å². The molecule has 42 heavy (non-hydrogen) atoms. The number of hydrogen-bond acceptors (Lipinski definition) is 6. The van der Waals surface area contributed by atoms with Crippen LogP contribution in [-0.2, 0) is 9.53 Å². The Kier molecular flexibility index (Phi) is 6.67. The number of hydrogen-bond donors (Lipinski definition) is 1. The quantitative estimate of drug-likeness (QED) is 0.364. The maximum absolute atomic E-state index is 16.8. The van der Waals surface area contributed by atoms with E-state index < -0.39 is 0 Å². The maximum atomic E-state index is 16.8. The summed E-state index contributed by atoms with van der Waals surface area (Å²) < 4.78 is 22.4. The lowest BCUT2D eigenvalue weighted by molar-refractivity contribution is -0.139. The monoisotopic (exact) mass is 569 g/mol. The zero-order valence-corrected chi connectivity index (χ0v) is 24.0. The first kappa shape index (κ1) is 26.9. The van der Waals surface area contributed by atoms with E-state index in [4.69, 9.17) is 11.3 Å². The van der Waals surface area contributed by atoms with Gasteiger partial charge in [0.15, 0.2) is 0 Å². The molecular formula is C32H36FN7O2. The number of benzene rings is 2. The number of morpholine rings is 1. The fraction of sp³-hybridized carbons (Fsp3) is 0.469. The van der Waals surface area contributed by atoms with E-state index in [9.17, 15) is 4.79 Å². The molecule has 1 spiro atoms. The van der Waals surface area contributed by atoms with Gasteiger partial charge in [0.1, 0.15) is 5.82 Å². The van der Waals surface area contributed by atoms with Gasteiger partial charge in [0, 0.05) is 80.5 Å². The van der Waals surface area contributed by atoms with E-state index in [0.29, 0.717) is 23.0 Å². The Bertz CT molecular complexity index is 1580. The van der Waals surface area contributed by atoms with Crippen LogP contribution in [0.3, 0.4) is 0 Å². The van der Waals surface area contributed by atoms with Crippen molar-refractivity contribution in [2.75, 3.05) is 75.4 Å². The van der Waals surface area contributed by atoms with E-state index in [0.717, 1.165) is 106 Å². The number of rotatable bonds is 5. The second kappa shape index (κ2) is 10.4. The second-order valence-corrected chi connectivity index (χ2v) is 12.2. The van der Waals surface area contributed by atoms with Crippen LogP contribution in [0.1, 0.15) is 18.4 Å². The van der Waals surface area contributed by atoms with Crippen molar-refractivity contribution in [3.8, 4) is 11.1 Å². The lowest BCUT2D eigenvalue weighted by atomic mass is 9.72. The van der Waals surface area contributed by atoms with Crippen LogP contribution in [0.4, 0.5) is 21.5 Å². The van der Waals surface area contributed by atoms with Crippen LogP contribution in [0.15, 0.2) is 37.1 Å². The molecule has 218 valence electrons. The average molecular weight is 570 g/mol. The van der Waals surface area contributed by atoms with Crippen molar-refractivity contribution < 1.29 is 13.9 Å². The number of carbonyl (C=O) groups is 1. The summed E-state index contributed by atoms with van der Waals surface area (Å²) in [5, 5.41) is 8.06. The summed E-state index contributed by atoms with van der Waals surface area (Å²) in [7, 11) is 0. The van der Waals surface area contributed by atoms with Crippen LogP contribution in [-0.4, -0.2) is 97.5 Å². The zero-order valence-electron chi connectivity index (χ0n) is 24.0. The molecule has 0 saturated carbocycles. The van der Waals surface area contributed by atoms with E-state index in [-0.39, 0.29) is 17.1 Å². The highest BCUT2D eigenvalue weighted by molar-refractivity contribution is 6.03. The Hall–Kier alpha value is -3.94. The Morgan fingerprint density at radius 3 is 2.57 bits per heavy atom. The van der Waals surface area contributed by atoms with E-state index in [1.54, 1.807) is 6.20 Å². The third kappa shape index (κ3) is 4.34. The van der Waals surface area contributed by atoms with Crippen molar-refractivity contribution in [3.05, 3.63) is 59.8 Å². The lowest BCUT2D eigenvalue weighted by Crippen LogP contribution is -2.62. The normalized spacial score (nSPS) is 20.8. The fourth-order valence-corrected chi connectivity index (χ4v) is 7.30. The summed E-state index contributed by atoms with van der Waals surface area (Å²) in [6.07, 6.45) is 4.96. The molecule has 4 saturated heterocycles. The van der Waals surface area contributed by atoms with E-state index in [1.165, 1.54) is 6.08 Å². The molecule has 1 amide bonds. The first-order valence-corrected chi connectivity index (χ1v) is 14.8. The van der Waals surface area contributed by atoms with Crippen LogP contribution in [0.25, 0.3) is 26.9 Å². The molecule has 1 aromatic heterocycles. The highest BCUT2D eigenvalue weighted by Gasteiger charge is 2.46. The van der Waals surface area contributed by atoms with Gasteiger partial charge in [-0.3, -0.25) is 14.8 Å². The number of nitrogens with zero attached hydrogens (tertiary/aromatic N) is 6. The fourth-order valence-electron chi connectivity index (χ4n) is 7.30. The minimum atomic E-state index is -0.340. The van der Waals surface area contributed by atoms with Crippen molar-refractivity contribution in [1.82, 2.24) is 20.0 Å². The van der Waals surface area contributed by atoms with Gasteiger partial charge in [-0.2, -0.15) is 5.10 Å². The predicted octanol–water partition coefficient (Wildman–Crippen LogP) is 4.36. The van der Waals surface area contributed by atoms with Gasteiger partial charge < -0.3 is 19.4 Å². The van der Waals surface area contributed by atoms with E-state index >= 15 is 4.39 Å². The van der Waals surface area contributed by atoms with Gasteiger partial charge in [-0.25, -0.2) is 9.24 Å². The van der Waals surface area contributed by atoms with Crippen LogP contribution < -0.4 is 9.80 Å². The second-order valence-electron chi connectivity index (χ2n) is 12.2. The summed E-state index contributed by atoms with van der Waals surface area (Å²) in [6.45, 7) is 21.7. The number of aromatic amines is 1. The molecule has 10 heteroatoms. The minimum absolute atomic E-state index is 0.0140. The molecule has 0 bridgehead atoms. The summed E-state index contributed by atoms with van der Waals surface area (Å²) in [4.78, 5) is 24.7. The molecule has 4 aliphatic rings. The number of halogens is 1. The molecule has 5 heterocycles. The Morgan fingerprint density at radius 1 is 1.14 bits per heavy atom. The number of likely N-dealkylation sites (tertiary alicyclic amines) is 1. The van der Waals surface area contributed by atoms with Crippen LogP contribution in [0, 0.1) is 24.7 Å². The summed E-state index contributed by atoms with van der Waals surface area (Å²) >= 11 is 0. The molecule has 9 nitrogen and oxygen atoms in total. The number of aromatic nitrogens is 2. The molecule has 1 N–H and O–H groups in total. The number of fused-ring (bicyclic) bond motifs is 1. The van der Waals surface area contributed by atoms with E-state index in [2.05, 4.69) is 36.3 Å². The number of carbonyl (C=O) groups excluding carboxylic acids is 1. The summed E-state index contributed by atoms with van der Waals surface area (Å²) in [5.74, 6) is -0.354. The number of ether oxygens (including phenoxy) is 1. The molecule has 0 aliphatic carbocycles. The molecule has 7 rings (SSSR count). The SMILES string of the molecule is [C-]#[N+]c1c(N2CCC3(CC2)CN(C(=O)C=C)C3)cc(N2CC(N3CCOCC3)C2)c(F)c1-c1c(C)ccc2[nH]ncc12. The van der Waals surface area contributed by atoms with Gasteiger partial charge in [-0.05, 0) is 49.1 Å². The minimum Gasteiger partial charge on any atom is -0.380 e. The Labute approximate surface area is 245 Å². The largest absolute Gasteiger partial charge is 0.380 e. The molecule has 0 unspecified atom stereocenters. The number of anilines is 2. The third-order valence-electron chi connectivity index (χ3n) is 9.86. The topological polar surface area (TPSA) is 72.3 Å². The van der Waals surface area contributed by atoms with Gasteiger partial charge in [0.25, 0.3) is 0 Å². The first-order chi connectivity index (χ1) is 20.4. The van der Waals surface area contributed by atoms with Crippen molar-refractivity contribution in [2.24, 2.45) is 5.41 Å². The highest BCUT2D eigenvalue weighted by Crippen LogP contribution is 2.50. The molecule has 4 aliphatic heterocycles. The van der Waals surface area contributed by atoms with Crippen molar-refractivity contribution in [3.63, 3.8) is 0 Å². The van der Waals surface area contributed by atoms with E-state index in [1.807, 2.05) is 30.0 Å². The van der Waals surface area contributed by atoms with Gasteiger partial charge >= 0.3 is 0 Å². The molecule has 0 radical (unpaired) electrons. The summed E-state index contributed by atoms with van der Waals surface area (Å²) in [6, 6.07) is 6.20. The maximum Gasteiger partial charge on any atom is 0.245 e. The number of H-pyrrole nitrogens is 1. The molecule has 4 fully saturated rings. The number of piperidine rings is 1. The number of amides is 1. The number of aryl methyl sites for hydroxylation is 1. The summed E-state index contributed by atoms with van der Waals surface area (Å²) in [5.41, 5.74) is 4.63.